The molecule has 126 valence electrons. The lowest BCUT2D eigenvalue weighted by atomic mass is 9.85. The Kier molecular flexibility index (Phi) is 7.59. The van der Waals surface area contributed by atoms with E-state index in [4.69, 9.17) is 4.52 Å². The Bertz CT molecular complexity index is 470. The van der Waals surface area contributed by atoms with Crippen LogP contribution in [0.25, 0.3) is 0 Å². The fourth-order valence-electron chi connectivity index (χ4n) is 2.70. The van der Waals surface area contributed by atoms with Gasteiger partial charge in [0, 0.05) is 25.1 Å². The number of nitrogens with zero attached hydrogens (tertiary/aromatic N) is 1. The van der Waals surface area contributed by atoms with Crippen molar-refractivity contribution < 1.29 is 9.32 Å². The van der Waals surface area contributed by atoms with Crippen LogP contribution in [-0.4, -0.2) is 30.7 Å². The summed E-state index contributed by atoms with van der Waals surface area (Å²) in [5.74, 6) is 0.643. The van der Waals surface area contributed by atoms with E-state index in [1.165, 1.54) is 0 Å². The first-order valence-electron chi connectivity index (χ1n) is 8.41. The molecular weight excluding hydrogens is 278 g/mol. The molecule has 1 heterocycles. The van der Waals surface area contributed by atoms with Crippen LogP contribution in [0.1, 0.15) is 68.8 Å². The van der Waals surface area contributed by atoms with Gasteiger partial charge in [-0.2, -0.15) is 0 Å². The highest BCUT2D eigenvalue weighted by atomic mass is 16.5. The Morgan fingerprint density at radius 1 is 1.23 bits per heavy atom. The zero-order valence-corrected chi connectivity index (χ0v) is 14.7. The van der Waals surface area contributed by atoms with Gasteiger partial charge >= 0.3 is 0 Å². The zero-order chi connectivity index (χ0) is 16.6. The van der Waals surface area contributed by atoms with Gasteiger partial charge in [-0.3, -0.25) is 4.79 Å². The molecule has 0 aliphatic rings. The minimum absolute atomic E-state index is 0.0603. The molecule has 1 aromatic rings. The second-order valence-corrected chi connectivity index (χ2v) is 6.35. The summed E-state index contributed by atoms with van der Waals surface area (Å²) < 4.78 is 5.20. The van der Waals surface area contributed by atoms with Gasteiger partial charge in [-0.1, -0.05) is 39.3 Å². The molecule has 0 aliphatic heterocycles. The van der Waals surface area contributed by atoms with Crippen LogP contribution in [0.4, 0.5) is 0 Å². The third kappa shape index (κ3) is 5.13. The van der Waals surface area contributed by atoms with Crippen molar-refractivity contribution in [2.24, 2.45) is 5.41 Å². The number of rotatable bonds is 10. The SMILES string of the molecule is CCCNCC(C)(CCC)CNC(=O)c1noc(CC)c1C. The molecule has 1 rings (SSSR count). The number of carbonyl (C=O) groups is 1. The highest BCUT2D eigenvalue weighted by molar-refractivity contribution is 5.93. The summed E-state index contributed by atoms with van der Waals surface area (Å²) in [4.78, 5) is 12.3. The molecule has 1 atom stereocenters. The third-order valence-electron chi connectivity index (χ3n) is 4.06. The van der Waals surface area contributed by atoms with Crippen molar-refractivity contribution in [3.05, 3.63) is 17.0 Å². The smallest absolute Gasteiger partial charge is 0.273 e. The molecule has 1 unspecified atom stereocenters. The molecule has 5 heteroatoms. The number of nitrogens with one attached hydrogen (secondary N) is 2. The number of amides is 1. The molecule has 0 bridgehead atoms. The molecule has 0 aliphatic carbocycles. The van der Waals surface area contributed by atoms with E-state index < -0.39 is 0 Å². The van der Waals surface area contributed by atoms with E-state index in [0.29, 0.717) is 12.2 Å². The lowest BCUT2D eigenvalue weighted by molar-refractivity contribution is 0.0920. The minimum Gasteiger partial charge on any atom is -0.360 e. The summed E-state index contributed by atoms with van der Waals surface area (Å²) in [5.41, 5.74) is 1.32. The lowest BCUT2D eigenvalue weighted by Crippen LogP contribution is -2.42. The van der Waals surface area contributed by atoms with Gasteiger partial charge in [-0.25, -0.2) is 0 Å². The molecule has 0 fully saturated rings. The van der Waals surface area contributed by atoms with Crippen molar-refractivity contribution in [1.82, 2.24) is 15.8 Å². The Hall–Kier alpha value is -1.36. The second kappa shape index (κ2) is 8.93. The summed E-state index contributed by atoms with van der Waals surface area (Å²) in [5, 5.41) is 10.4. The van der Waals surface area contributed by atoms with Gasteiger partial charge < -0.3 is 15.2 Å². The zero-order valence-electron chi connectivity index (χ0n) is 14.7. The van der Waals surface area contributed by atoms with E-state index in [1.54, 1.807) is 0 Å². The van der Waals surface area contributed by atoms with E-state index in [2.05, 4.69) is 36.6 Å². The van der Waals surface area contributed by atoms with Crippen molar-refractivity contribution in [2.75, 3.05) is 19.6 Å². The summed E-state index contributed by atoms with van der Waals surface area (Å²) in [6, 6.07) is 0. The van der Waals surface area contributed by atoms with Crippen LogP contribution in [0.3, 0.4) is 0 Å². The van der Waals surface area contributed by atoms with Gasteiger partial charge in [0.25, 0.3) is 5.91 Å². The van der Waals surface area contributed by atoms with Gasteiger partial charge in [0.05, 0.1) is 0 Å². The van der Waals surface area contributed by atoms with E-state index in [0.717, 1.165) is 50.1 Å². The molecule has 1 aromatic heterocycles. The maximum Gasteiger partial charge on any atom is 0.273 e. The Labute approximate surface area is 134 Å². The first kappa shape index (κ1) is 18.7. The van der Waals surface area contributed by atoms with Crippen LogP contribution in [0.5, 0.6) is 0 Å². The first-order chi connectivity index (χ1) is 10.5. The molecule has 5 nitrogen and oxygen atoms in total. The van der Waals surface area contributed by atoms with Crippen molar-refractivity contribution in [3.8, 4) is 0 Å². The molecule has 0 spiro atoms. The fourth-order valence-corrected chi connectivity index (χ4v) is 2.70. The molecule has 0 saturated heterocycles. The van der Waals surface area contributed by atoms with Crippen LogP contribution in [0.2, 0.25) is 0 Å². The highest BCUT2D eigenvalue weighted by Crippen LogP contribution is 2.22. The van der Waals surface area contributed by atoms with E-state index >= 15 is 0 Å². The van der Waals surface area contributed by atoms with Gasteiger partial charge in [0.1, 0.15) is 5.76 Å². The molecule has 0 saturated carbocycles. The normalized spacial score (nSPS) is 13.9. The standard InChI is InChI=1S/C17H31N3O2/c1-6-9-17(5,11-18-10-7-2)12-19-16(21)15-13(4)14(8-3)22-20-15/h18H,6-12H2,1-5H3,(H,19,21). The average molecular weight is 309 g/mol. The monoisotopic (exact) mass is 309 g/mol. The number of aryl methyl sites for hydroxylation is 1. The van der Waals surface area contributed by atoms with Crippen LogP contribution < -0.4 is 10.6 Å². The van der Waals surface area contributed by atoms with Crippen molar-refractivity contribution >= 4 is 5.91 Å². The van der Waals surface area contributed by atoms with Gasteiger partial charge in [0.2, 0.25) is 0 Å². The van der Waals surface area contributed by atoms with Crippen LogP contribution >= 0.6 is 0 Å². The molecule has 22 heavy (non-hydrogen) atoms. The average Bonchev–Trinajstić information content (AvgIpc) is 2.86. The minimum atomic E-state index is -0.140. The quantitative estimate of drug-likeness (QED) is 0.652. The van der Waals surface area contributed by atoms with E-state index in [1.807, 2.05) is 13.8 Å². The summed E-state index contributed by atoms with van der Waals surface area (Å²) in [6.07, 6.45) is 4.04. The molecule has 0 aromatic carbocycles. The van der Waals surface area contributed by atoms with Gasteiger partial charge in [0.15, 0.2) is 5.69 Å². The Morgan fingerprint density at radius 3 is 2.50 bits per heavy atom. The third-order valence-corrected chi connectivity index (χ3v) is 4.06. The second-order valence-electron chi connectivity index (χ2n) is 6.35. The van der Waals surface area contributed by atoms with Crippen molar-refractivity contribution in [1.29, 1.82) is 0 Å². The first-order valence-corrected chi connectivity index (χ1v) is 8.41. The van der Waals surface area contributed by atoms with Gasteiger partial charge in [-0.05, 0) is 31.7 Å². The van der Waals surface area contributed by atoms with Crippen molar-refractivity contribution in [2.45, 2.75) is 60.3 Å². The van der Waals surface area contributed by atoms with E-state index in [-0.39, 0.29) is 11.3 Å². The molecule has 1 amide bonds. The maximum atomic E-state index is 12.3. The Morgan fingerprint density at radius 2 is 1.95 bits per heavy atom. The van der Waals surface area contributed by atoms with E-state index in [9.17, 15) is 4.79 Å². The number of aromatic nitrogens is 1. The van der Waals surface area contributed by atoms with Gasteiger partial charge in [-0.15, -0.1) is 0 Å². The summed E-state index contributed by atoms with van der Waals surface area (Å²) >= 11 is 0. The molecule has 0 radical (unpaired) electrons. The maximum absolute atomic E-state index is 12.3. The summed E-state index contributed by atoms with van der Waals surface area (Å²) in [6.45, 7) is 13.0. The van der Waals surface area contributed by atoms with Crippen LogP contribution in [0.15, 0.2) is 4.52 Å². The number of carbonyl (C=O) groups excluding carboxylic acids is 1. The van der Waals surface area contributed by atoms with Crippen LogP contribution in [0, 0.1) is 12.3 Å². The molecular formula is C17H31N3O2. The lowest BCUT2D eigenvalue weighted by Gasteiger charge is -2.30. The fraction of sp³-hybridized carbons (Fsp3) is 0.765. The summed E-state index contributed by atoms with van der Waals surface area (Å²) in [7, 11) is 0. The topological polar surface area (TPSA) is 67.2 Å². The number of hydrogen-bond donors (Lipinski definition) is 2. The predicted molar refractivity (Wildman–Crippen MR) is 89.1 cm³/mol. The highest BCUT2D eigenvalue weighted by Gasteiger charge is 2.25. The molecule has 2 N–H and O–H groups in total. The number of hydrogen-bond acceptors (Lipinski definition) is 4. The largest absolute Gasteiger partial charge is 0.360 e. The Balaban J connectivity index is 2.63. The predicted octanol–water partition coefficient (Wildman–Crippen LogP) is 3.08. The van der Waals surface area contributed by atoms with Crippen LogP contribution in [-0.2, 0) is 6.42 Å². The van der Waals surface area contributed by atoms with Crippen molar-refractivity contribution in [3.63, 3.8) is 0 Å².